The molecule has 8 nitrogen and oxygen atoms in total. The number of hydrogen-bond acceptors (Lipinski definition) is 5. The number of fused-ring (bicyclic) bond motifs is 3. The van der Waals surface area contributed by atoms with Crippen molar-refractivity contribution < 1.29 is 29.0 Å². The molecule has 0 aromatic heterocycles. The van der Waals surface area contributed by atoms with Crippen LogP contribution in [0.5, 0.6) is 0 Å². The Balaban J connectivity index is 1.32. The van der Waals surface area contributed by atoms with Crippen molar-refractivity contribution in [2.24, 2.45) is 0 Å². The first-order chi connectivity index (χ1) is 19.0. The van der Waals surface area contributed by atoms with Crippen molar-refractivity contribution in [2.45, 2.75) is 38.3 Å². The Kier molecular flexibility index (Phi) is 9.69. The maximum atomic E-state index is 13.1. The van der Waals surface area contributed by atoms with Crippen LogP contribution in [0.15, 0.2) is 78.9 Å². The van der Waals surface area contributed by atoms with Crippen LogP contribution in [0.3, 0.4) is 0 Å². The minimum Gasteiger partial charge on any atom is -0.481 e. The zero-order valence-electron chi connectivity index (χ0n) is 22.0. The summed E-state index contributed by atoms with van der Waals surface area (Å²) in [6, 6.07) is 25.7. The van der Waals surface area contributed by atoms with Crippen LogP contribution in [0.25, 0.3) is 11.1 Å². The first-order valence-electron chi connectivity index (χ1n) is 13.2. The number of nitrogens with zero attached hydrogens (tertiary/aromatic N) is 1. The number of carboxylic acids is 1. The van der Waals surface area contributed by atoms with Crippen LogP contribution in [0.4, 0.5) is 4.79 Å². The molecular weight excluding hydrogens is 496 g/mol. The molecule has 1 atom stereocenters. The zero-order chi connectivity index (χ0) is 27.6. The summed E-state index contributed by atoms with van der Waals surface area (Å²) in [4.78, 5) is 38.4. The molecule has 204 valence electrons. The van der Waals surface area contributed by atoms with Crippen LogP contribution in [0.2, 0.25) is 0 Å². The van der Waals surface area contributed by atoms with Gasteiger partial charge in [-0.3, -0.25) is 9.59 Å². The lowest BCUT2D eigenvalue weighted by Gasteiger charge is -2.25. The summed E-state index contributed by atoms with van der Waals surface area (Å²) in [6.07, 6.45) is -1.31. The van der Waals surface area contributed by atoms with E-state index in [4.69, 9.17) is 14.6 Å². The predicted octanol–water partition coefficient (Wildman–Crippen LogP) is 4.82. The molecule has 4 rings (SSSR count). The van der Waals surface area contributed by atoms with Gasteiger partial charge in [-0.05, 0) is 34.7 Å². The Morgan fingerprint density at radius 1 is 0.923 bits per heavy atom. The van der Waals surface area contributed by atoms with Gasteiger partial charge in [-0.25, -0.2) is 4.79 Å². The Labute approximate surface area is 228 Å². The van der Waals surface area contributed by atoms with Crippen molar-refractivity contribution >= 4 is 18.0 Å². The molecule has 0 aliphatic heterocycles. The number of nitrogens with one attached hydrogen (secondary N) is 1. The number of ether oxygens (including phenoxy) is 2. The molecule has 0 saturated carbocycles. The molecule has 39 heavy (non-hydrogen) atoms. The Morgan fingerprint density at radius 3 is 2.15 bits per heavy atom. The molecule has 1 aliphatic carbocycles. The van der Waals surface area contributed by atoms with Crippen LogP contribution in [-0.4, -0.2) is 60.4 Å². The third-order valence-electron chi connectivity index (χ3n) is 6.79. The van der Waals surface area contributed by atoms with E-state index in [1.165, 1.54) is 4.90 Å². The summed E-state index contributed by atoms with van der Waals surface area (Å²) in [5.74, 6) is -1.26. The number of carbonyl (C=O) groups is 3. The minimum absolute atomic E-state index is 0.00392. The summed E-state index contributed by atoms with van der Waals surface area (Å²) in [6.45, 7) is 2.84. The maximum Gasteiger partial charge on any atom is 0.407 e. The fourth-order valence-electron chi connectivity index (χ4n) is 4.92. The normalized spacial score (nSPS) is 12.7. The van der Waals surface area contributed by atoms with Gasteiger partial charge in [0.2, 0.25) is 5.91 Å². The topological polar surface area (TPSA) is 105 Å². The summed E-state index contributed by atoms with van der Waals surface area (Å²) in [5, 5.41) is 11.9. The molecule has 3 aromatic rings. The third kappa shape index (κ3) is 7.45. The van der Waals surface area contributed by atoms with E-state index < -0.39 is 18.2 Å². The van der Waals surface area contributed by atoms with E-state index in [2.05, 4.69) is 29.6 Å². The minimum atomic E-state index is -0.973. The highest BCUT2D eigenvalue weighted by Crippen LogP contribution is 2.44. The number of rotatable bonds is 13. The van der Waals surface area contributed by atoms with E-state index in [0.717, 1.165) is 27.8 Å². The number of carboxylic acid groups (broad SMARTS) is 1. The van der Waals surface area contributed by atoms with E-state index in [1.54, 1.807) is 0 Å². The molecule has 2 amide bonds. The van der Waals surface area contributed by atoms with E-state index in [0.29, 0.717) is 13.2 Å². The molecule has 1 unspecified atom stereocenters. The largest absolute Gasteiger partial charge is 0.481 e. The van der Waals surface area contributed by atoms with Gasteiger partial charge >= 0.3 is 12.1 Å². The first-order valence-corrected chi connectivity index (χ1v) is 13.2. The highest BCUT2D eigenvalue weighted by atomic mass is 16.5. The molecule has 3 aromatic carbocycles. The highest BCUT2D eigenvalue weighted by Gasteiger charge is 2.29. The Hall–Kier alpha value is -4.17. The number of hydrogen-bond donors (Lipinski definition) is 2. The van der Waals surface area contributed by atoms with Gasteiger partial charge in [0.05, 0.1) is 18.9 Å². The van der Waals surface area contributed by atoms with Crippen molar-refractivity contribution in [3.63, 3.8) is 0 Å². The van der Waals surface area contributed by atoms with Crippen LogP contribution in [0.1, 0.15) is 42.4 Å². The average molecular weight is 531 g/mol. The van der Waals surface area contributed by atoms with Crippen molar-refractivity contribution in [1.29, 1.82) is 0 Å². The van der Waals surface area contributed by atoms with Crippen LogP contribution in [-0.2, 0) is 25.6 Å². The van der Waals surface area contributed by atoms with Crippen molar-refractivity contribution in [3.8, 4) is 11.1 Å². The van der Waals surface area contributed by atoms with Crippen LogP contribution in [0, 0.1) is 0 Å². The number of carbonyl (C=O) groups excluding carboxylic acids is 2. The van der Waals surface area contributed by atoms with Gasteiger partial charge < -0.3 is 24.8 Å². The smallest absolute Gasteiger partial charge is 0.407 e. The predicted molar refractivity (Wildman–Crippen MR) is 147 cm³/mol. The van der Waals surface area contributed by atoms with E-state index in [-0.39, 0.29) is 44.4 Å². The molecule has 0 radical (unpaired) electrons. The molecular formula is C31H34N2O6. The second kappa shape index (κ2) is 13.6. The van der Waals surface area contributed by atoms with Crippen molar-refractivity contribution in [1.82, 2.24) is 10.2 Å². The van der Waals surface area contributed by atoms with Gasteiger partial charge in [0.1, 0.15) is 6.61 Å². The van der Waals surface area contributed by atoms with Crippen molar-refractivity contribution in [3.05, 3.63) is 95.6 Å². The summed E-state index contributed by atoms with van der Waals surface area (Å²) < 4.78 is 11.3. The SMILES string of the molecule is CCOC(CNC(=O)OCC1c2ccccc2-c2ccccc21)CC(=O)N(CCC(=O)O)Cc1ccccc1. The summed E-state index contributed by atoms with van der Waals surface area (Å²) in [7, 11) is 0. The molecule has 1 aliphatic rings. The molecule has 2 N–H and O–H groups in total. The fourth-order valence-corrected chi connectivity index (χ4v) is 4.92. The molecule has 0 bridgehead atoms. The van der Waals surface area contributed by atoms with E-state index in [9.17, 15) is 14.4 Å². The lowest BCUT2D eigenvalue weighted by atomic mass is 9.98. The van der Waals surface area contributed by atoms with Gasteiger partial charge in [-0.1, -0.05) is 78.9 Å². The second-order valence-corrected chi connectivity index (χ2v) is 9.43. The van der Waals surface area contributed by atoms with E-state index >= 15 is 0 Å². The lowest BCUT2D eigenvalue weighted by Crippen LogP contribution is -2.40. The number of amides is 2. The van der Waals surface area contributed by atoms with Gasteiger partial charge in [0.15, 0.2) is 0 Å². The van der Waals surface area contributed by atoms with Gasteiger partial charge in [-0.15, -0.1) is 0 Å². The molecule has 0 fully saturated rings. The number of benzene rings is 3. The molecule has 0 spiro atoms. The highest BCUT2D eigenvalue weighted by molar-refractivity contribution is 5.79. The standard InChI is InChI=1S/C31H34N2O6/c1-2-38-23(18-29(34)33(17-16-30(35)36)20-22-10-4-3-5-11-22)19-32-31(37)39-21-28-26-14-8-6-12-24(26)25-13-7-9-15-27(25)28/h3-15,23,28H,2,16-21H2,1H3,(H,32,37)(H,35,36). The first kappa shape index (κ1) is 27.9. The van der Waals surface area contributed by atoms with Crippen LogP contribution < -0.4 is 5.32 Å². The molecule has 0 heterocycles. The molecule has 0 saturated heterocycles. The Morgan fingerprint density at radius 2 is 1.54 bits per heavy atom. The zero-order valence-corrected chi connectivity index (χ0v) is 22.0. The van der Waals surface area contributed by atoms with Crippen molar-refractivity contribution in [2.75, 3.05) is 26.3 Å². The van der Waals surface area contributed by atoms with Gasteiger partial charge in [0, 0.05) is 32.2 Å². The van der Waals surface area contributed by atoms with E-state index in [1.807, 2.05) is 61.5 Å². The summed E-state index contributed by atoms with van der Waals surface area (Å²) >= 11 is 0. The van der Waals surface area contributed by atoms with Gasteiger partial charge in [-0.2, -0.15) is 0 Å². The fraction of sp³-hybridized carbons (Fsp3) is 0.323. The Bertz CT molecular complexity index is 1230. The number of alkyl carbamates (subject to hydrolysis) is 1. The molecule has 8 heteroatoms. The van der Waals surface area contributed by atoms with Gasteiger partial charge in [0.25, 0.3) is 0 Å². The maximum absolute atomic E-state index is 13.1. The third-order valence-corrected chi connectivity index (χ3v) is 6.79. The number of aliphatic carboxylic acids is 1. The average Bonchev–Trinajstić information content (AvgIpc) is 3.27. The monoisotopic (exact) mass is 530 g/mol. The van der Waals surface area contributed by atoms with Crippen LogP contribution >= 0.6 is 0 Å². The lowest BCUT2D eigenvalue weighted by molar-refractivity contribution is -0.139. The summed E-state index contributed by atoms with van der Waals surface area (Å²) in [5.41, 5.74) is 5.47. The quantitative estimate of drug-likeness (QED) is 0.328. The second-order valence-electron chi connectivity index (χ2n) is 9.43.